The lowest BCUT2D eigenvalue weighted by molar-refractivity contribution is -0.385. The summed E-state index contributed by atoms with van der Waals surface area (Å²) in [6.45, 7) is 1.72. The first kappa shape index (κ1) is 24.4. The lowest BCUT2D eigenvalue weighted by atomic mass is 10.1. The molecule has 0 aliphatic rings. The number of ether oxygens (including phenoxy) is 2. The Kier molecular flexibility index (Phi) is 7.59. The summed E-state index contributed by atoms with van der Waals surface area (Å²) in [5, 5.41) is 14.9. The number of rotatable bonds is 9. The summed E-state index contributed by atoms with van der Waals surface area (Å²) >= 11 is 0. The molecule has 1 N–H and O–H groups in total. The van der Waals surface area contributed by atoms with Crippen LogP contribution < -0.4 is 9.57 Å². The lowest BCUT2D eigenvalue weighted by Crippen LogP contribution is -2.18. The number of carbonyl (C=O) groups excluding carboxylic acids is 1. The third-order valence-electron chi connectivity index (χ3n) is 4.75. The Labute approximate surface area is 196 Å². The SMILES string of the molecule is COC(=O)c1ccc(COc2ccccc2/C=N\NS(=O)(=O)c2ccc(C)c([N+](=O)[O-])c2)cc1. The second-order valence-electron chi connectivity index (χ2n) is 7.07. The summed E-state index contributed by atoms with van der Waals surface area (Å²) in [6.07, 6.45) is 1.27. The fourth-order valence-corrected chi connectivity index (χ4v) is 3.72. The van der Waals surface area contributed by atoms with Crippen LogP contribution in [0.1, 0.15) is 27.0 Å². The fraction of sp³-hybridized carbons (Fsp3) is 0.130. The van der Waals surface area contributed by atoms with Gasteiger partial charge in [-0.3, -0.25) is 10.1 Å². The molecule has 0 aliphatic heterocycles. The van der Waals surface area contributed by atoms with E-state index < -0.39 is 20.9 Å². The van der Waals surface area contributed by atoms with Gasteiger partial charge in [0, 0.05) is 17.2 Å². The molecule has 0 radical (unpaired) electrons. The van der Waals surface area contributed by atoms with Crippen LogP contribution in [-0.4, -0.2) is 32.6 Å². The van der Waals surface area contributed by atoms with Crippen molar-refractivity contribution in [2.75, 3.05) is 7.11 Å². The first-order valence-electron chi connectivity index (χ1n) is 9.90. The molecular formula is C23H21N3O7S. The van der Waals surface area contributed by atoms with Gasteiger partial charge in [0.25, 0.3) is 15.7 Å². The molecule has 34 heavy (non-hydrogen) atoms. The van der Waals surface area contributed by atoms with Crippen LogP contribution in [0.2, 0.25) is 0 Å². The van der Waals surface area contributed by atoms with E-state index in [-0.39, 0.29) is 17.2 Å². The molecule has 0 saturated heterocycles. The lowest BCUT2D eigenvalue weighted by Gasteiger charge is -2.10. The highest BCUT2D eigenvalue weighted by Crippen LogP contribution is 2.22. The second kappa shape index (κ2) is 10.6. The molecule has 0 saturated carbocycles. The quantitative estimate of drug-likeness (QED) is 0.212. The number of aryl methyl sites for hydroxylation is 1. The highest BCUT2D eigenvalue weighted by Gasteiger charge is 2.19. The zero-order valence-electron chi connectivity index (χ0n) is 18.3. The largest absolute Gasteiger partial charge is 0.488 e. The summed E-state index contributed by atoms with van der Waals surface area (Å²) in [5.74, 6) is 0.0187. The van der Waals surface area contributed by atoms with Gasteiger partial charge in [0.1, 0.15) is 12.4 Å². The molecule has 11 heteroatoms. The molecule has 10 nitrogen and oxygen atoms in total. The van der Waals surface area contributed by atoms with Crippen molar-refractivity contribution in [3.8, 4) is 5.75 Å². The van der Waals surface area contributed by atoms with Gasteiger partial charge in [-0.25, -0.2) is 9.63 Å². The molecule has 0 fully saturated rings. The van der Waals surface area contributed by atoms with Crippen molar-refractivity contribution >= 4 is 27.9 Å². The number of para-hydroxylation sites is 1. The predicted octanol–water partition coefficient (Wildman–Crippen LogP) is 3.58. The standard InChI is InChI=1S/C23H21N3O7S/c1-16-7-12-20(13-21(16)26(28)29)34(30,31)25-24-14-19-5-3-4-6-22(19)33-15-17-8-10-18(11-9-17)23(27)32-2/h3-14,25H,15H2,1-2H3/b24-14-. The van der Waals surface area contributed by atoms with Gasteiger partial charge in [-0.15, -0.1) is 0 Å². The van der Waals surface area contributed by atoms with E-state index in [4.69, 9.17) is 4.74 Å². The van der Waals surface area contributed by atoms with E-state index >= 15 is 0 Å². The molecule has 3 rings (SSSR count). The number of sulfonamides is 1. The predicted molar refractivity (Wildman–Crippen MR) is 124 cm³/mol. The van der Waals surface area contributed by atoms with Crippen LogP contribution in [0.4, 0.5) is 5.69 Å². The molecule has 3 aromatic rings. The third kappa shape index (κ3) is 5.95. The number of hydrogen-bond donors (Lipinski definition) is 1. The summed E-state index contributed by atoms with van der Waals surface area (Å²) < 4.78 is 35.5. The van der Waals surface area contributed by atoms with Gasteiger partial charge < -0.3 is 9.47 Å². The van der Waals surface area contributed by atoms with Gasteiger partial charge in [0.15, 0.2) is 0 Å². The van der Waals surface area contributed by atoms with Crippen molar-refractivity contribution in [1.82, 2.24) is 4.83 Å². The molecule has 3 aromatic carbocycles. The number of nitrogens with zero attached hydrogens (tertiary/aromatic N) is 2. The minimum atomic E-state index is -4.12. The number of esters is 1. The van der Waals surface area contributed by atoms with Gasteiger partial charge in [0.05, 0.1) is 28.7 Å². The Hall–Kier alpha value is -4.25. The van der Waals surface area contributed by atoms with Gasteiger partial charge in [0.2, 0.25) is 0 Å². The van der Waals surface area contributed by atoms with Crippen molar-refractivity contribution in [2.45, 2.75) is 18.4 Å². The smallest absolute Gasteiger partial charge is 0.337 e. The normalized spacial score (nSPS) is 11.2. The molecule has 0 amide bonds. The number of nitrogens with one attached hydrogen (secondary N) is 1. The monoisotopic (exact) mass is 483 g/mol. The van der Waals surface area contributed by atoms with E-state index in [2.05, 4.69) is 14.7 Å². The number of nitro benzene ring substituents is 1. The highest BCUT2D eigenvalue weighted by atomic mass is 32.2. The number of hydrogen-bond acceptors (Lipinski definition) is 8. The molecule has 0 unspecified atom stereocenters. The molecule has 0 bridgehead atoms. The van der Waals surface area contributed by atoms with Crippen LogP contribution in [-0.2, 0) is 21.4 Å². The van der Waals surface area contributed by atoms with E-state index in [0.717, 1.165) is 11.6 Å². The van der Waals surface area contributed by atoms with E-state index in [0.29, 0.717) is 22.4 Å². The van der Waals surface area contributed by atoms with Gasteiger partial charge in [-0.05, 0) is 42.8 Å². The maximum atomic E-state index is 12.5. The van der Waals surface area contributed by atoms with Crippen molar-refractivity contribution in [3.05, 3.63) is 99.1 Å². The van der Waals surface area contributed by atoms with Crippen molar-refractivity contribution in [1.29, 1.82) is 0 Å². The minimum absolute atomic E-state index is 0.199. The van der Waals surface area contributed by atoms with Gasteiger partial charge >= 0.3 is 5.97 Å². The molecule has 176 valence electrons. The Bertz CT molecular complexity index is 1340. The molecule has 0 aromatic heterocycles. The summed E-state index contributed by atoms with van der Waals surface area (Å²) in [5.41, 5.74) is 1.78. The Balaban J connectivity index is 1.70. The van der Waals surface area contributed by atoms with E-state index in [1.165, 1.54) is 32.4 Å². The summed E-state index contributed by atoms with van der Waals surface area (Å²) in [4.78, 5) is 23.7. The molecule has 0 heterocycles. The van der Waals surface area contributed by atoms with E-state index in [1.54, 1.807) is 48.5 Å². The summed E-state index contributed by atoms with van der Waals surface area (Å²) in [7, 11) is -2.81. The number of methoxy groups -OCH3 is 1. The first-order chi connectivity index (χ1) is 16.2. The van der Waals surface area contributed by atoms with Crippen LogP contribution in [0.15, 0.2) is 76.7 Å². The molecule has 0 atom stereocenters. The minimum Gasteiger partial charge on any atom is -0.488 e. The van der Waals surface area contributed by atoms with Gasteiger partial charge in [-0.2, -0.15) is 13.5 Å². The number of benzene rings is 3. The number of nitro groups is 1. The Morgan fingerprint density at radius 2 is 1.82 bits per heavy atom. The molecular weight excluding hydrogens is 462 g/mol. The van der Waals surface area contributed by atoms with E-state index in [9.17, 15) is 23.3 Å². The third-order valence-corrected chi connectivity index (χ3v) is 5.97. The Morgan fingerprint density at radius 1 is 1.12 bits per heavy atom. The summed E-state index contributed by atoms with van der Waals surface area (Å²) in [6, 6.07) is 17.2. The van der Waals surface area contributed by atoms with Crippen LogP contribution in [0.3, 0.4) is 0 Å². The van der Waals surface area contributed by atoms with Crippen LogP contribution >= 0.6 is 0 Å². The topological polar surface area (TPSA) is 137 Å². The number of carbonyl (C=O) groups is 1. The maximum absolute atomic E-state index is 12.5. The van der Waals surface area contributed by atoms with Crippen LogP contribution in [0, 0.1) is 17.0 Å². The van der Waals surface area contributed by atoms with Crippen LogP contribution in [0.25, 0.3) is 0 Å². The highest BCUT2D eigenvalue weighted by molar-refractivity contribution is 7.89. The fourth-order valence-electron chi connectivity index (χ4n) is 2.91. The first-order valence-corrected chi connectivity index (χ1v) is 11.4. The molecule has 0 aliphatic carbocycles. The zero-order valence-corrected chi connectivity index (χ0v) is 19.1. The van der Waals surface area contributed by atoms with Crippen LogP contribution in [0.5, 0.6) is 5.75 Å². The van der Waals surface area contributed by atoms with Crippen molar-refractivity contribution in [3.63, 3.8) is 0 Å². The molecule has 0 spiro atoms. The second-order valence-corrected chi connectivity index (χ2v) is 8.73. The Morgan fingerprint density at radius 3 is 2.50 bits per heavy atom. The maximum Gasteiger partial charge on any atom is 0.337 e. The van der Waals surface area contributed by atoms with Crippen molar-refractivity contribution in [2.24, 2.45) is 5.10 Å². The average Bonchev–Trinajstić information content (AvgIpc) is 2.83. The number of hydrazone groups is 1. The van der Waals surface area contributed by atoms with E-state index in [1.807, 2.05) is 0 Å². The average molecular weight is 484 g/mol. The van der Waals surface area contributed by atoms with Crippen molar-refractivity contribution < 1.29 is 27.6 Å². The van der Waals surface area contributed by atoms with Gasteiger partial charge in [-0.1, -0.05) is 30.3 Å². The zero-order chi connectivity index (χ0) is 24.7.